The Labute approximate surface area is 108 Å². The number of halogens is 3. The molecule has 0 bridgehead atoms. The van der Waals surface area contributed by atoms with E-state index in [1.54, 1.807) is 0 Å². The van der Waals surface area contributed by atoms with Gasteiger partial charge in [0.25, 0.3) is 0 Å². The molecule has 2 N–H and O–H groups in total. The molecular formula is C11H16F3N3O2. The van der Waals surface area contributed by atoms with Crippen LogP contribution < -0.4 is 5.73 Å². The Morgan fingerprint density at radius 3 is 2.37 bits per heavy atom. The van der Waals surface area contributed by atoms with Crippen molar-refractivity contribution in [3.63, 3.8) is 0 Å². The minimum absolute atomic E-state index is 0.0709. The van der Waals surface area contributed by atoms with Gasteiger partial charge in [0.1, 0.15) is 6.04 Å². The number of primary amides is 1. The summed E-state index contributed by atoms with van der Waals surface area (Å²) in [5.41, 5.74) is 5.16. The minimum Gasteiger partial charge on any atom is -0.351 e. The van der Waals surface area contributed by atoms with E-state index in [1.165, 1.54) is 9.80 Å². The summed E-state index contributed by atoms with van der Waals surface area (Å²) < 4.78 is 37.7. The van der Waals surface area contributed by atoms with Crippen LogP contribution in [0.3, 0.4) is 0 Å². The van der Waals surface area contributed by atoms with E-state index in [2.05, 4.69) is 0 Å². The summed E-state index contributed by atoms with van der Waals surface area (Å²) in [5.74, 6) is -1.87. The van der Waals surface area contributed by atoms with E-state index in [0.29, 0.717) is 19.4 Å². The van der Waals surface area contributed by atoms with Crippen LogP contribution in [0.5, 0.6) is 0 Å². The van der Waals surface area contributed by atoms with Crippen LogP contribution in [-0.4, -0.2) is 53.6 Å². The number of likely N-dealkylation sites (tertiary alicyclic amines) is 2. The molecule has 2 saturated heterocycles. The van der Waals surface area contributed by atoms with Gasteiger partial charge < -0.3 is 15.5 Å². The van der Waals surface area contributed by atoms with E-state index >= 15 is 0 Å². The first kappa shape index (κ1) is 14.0. The number of carbonyl (C=O) groups excluding carboxylic acids is 2. The molecule has 2 fully saturated rings. The summed E-state index contributed by atoms with van der Waals surface area (Å²) in [5, 5.41) is 0. The number of nitrogens with zero attached hydrogens (tertiary/aromatic N) is 2. The zero-order valence-corrected chi connectivity index (χ0v) is 10.3. The van der Waals surface area contributed by atoms with E-state index in [4.69, 9.17) is 5.73 Å². The molecule has 0 saturated carbocycles. The maximum atomic E-state index is 12.6. The monoisotopic (exact) mass is 279 g/mol. The van der Waals surface area contributed by atoms with Crippen LogP contribution in [-0.2, 0) is 4.79 Å². The number of carbonyl (C=O) groups is 2. The summed E-state index contributed by atoms with van der Waals surface area (Å²) in [6.45, 7) is 0.166. The number of hydrogen-bond donors (Lipinski definition) is 1. The molecule has 19 heavy (non-hydrogen) atoms. The van der Waals surface area contributed by atoms with Gasteiger partial charge in [0.05, 0.1) is 5.92 Å². The van der Waals surface area contributed by atoms with Gasteiger partial charge in [0.15, 0.2) is 0 Å². The highest BCUT2D eigenvalue weighted by Gasteiger charge is 2.46. The van der Waals surface area contributed by atoms with Gasteiger partial charge in [0.2, 0.25) is 5.91 Å². The van der Waals surface area contributed by atoms with Crippen molar-refractivity contribution in [2.75, 3.05) is 19.6 Å². The van der Waals surface area contributed by atoms with Crippen LogP contribution in [0, 0.1) is 5.92 Å². The van der Waals surface area contributed by atoms with Crippen molar-refractivity contribution in [1.29, 1.82) is 0 Å². The predicted octanol–water partition coefficient (Wildman–Crippen LogP) is 0.940. The van der Waals surface area contributed by atoms with Crippen LogP contribution in [0.1, 0.15) is 19.3 Å². The standard InChI is InChI=1S/C11H16F3N3O2/c12-11(13,14)7-3-5-16(6-7)9(18)8-2-1-4-17(8)10(15)19/h7-8H,1-6H2,(H2,15,19)/t7?,8-/m0/s1. The molecule has 2 rings (SSSR count). The Balaban J connectivity index is 2.00. The molecule has 0 radical (unpaired) electrons. The van der Waals surface area contributed by atoms with Crippen molar-refractivity contribution in [3.05, 3.63) is 0 Å². The number of urea groups is 1. The lowest BCUT2D eigenvalue weighted by molar-refractivity contribution is -0.171. The molecule has 0 aliphatic carbocycles. The van der Waals surface area contributed by atoms with E-state index in [0.717, 1.165) is 0 Å². The third kappa shape index (κ3) is 2.76. The fourth-order valence-electron chi connectivity index (χ4n) is 2.73. The molecule has 1 unspecified atom stereocenters. The molecule has 5 nitrogen and oxygen atoms in total. The molecule has 8 heteroatoms. The smallest absolute Gasteiger partial charge is 0.351 e. The molecule has 0 aromatic heterocycles. The van der Waals surface area contributed by atoms with Crippen LogP contribution in [0.15, 0.2) is 0 Å². The Hall–Kier alpha value is -1.47. The largest absolute Gasteiger partial charge is 0.393 e. The summed E-state index contributed by atoms with van der Waals surface area (Å²) in [6.07, 6.45) is -3.22. The van der Waals surface area contributed by atoms with Gasteiger partial charge in [-0.3, -0.25) is 4.79 Å². The lowest BCUT2D eigenvalue weighted by atomic mass is 10.1. The Bertz CT molecular complexity index is 386. The highest BCUT2D eigenvalue weighted by molar-refractivity contribution is 5.87. The van der Waals surface area contributed by atoms with Gasteiger partial charge in [-0.15, -0.1) is 0 Å². The number of amides is 3. The summed E-state index contributed by atoms with van der Waals surface area (Å²) in [7, 11) is 0. The lowest BCUT2D eigenvalue weighted by Crippen LogP contribution is -2.49. The van der Waals surface area contributed by atoms with E-state index < -0.39 is 30.1 Å². The Morgan fingerprint density at radius 1 is 1.16 bits per heavy atom. The summed E-state index contributed by atoms with van der Waals surface area (Å²) >= 11 is 0. The van der Waals surface area contributed by atoms with Crippen molar-refractivity contribution in [3.8, 4) is 0 Å². The molecular weight excluding hydrogens is 263 g/mol. The van der Waals surface area contributed by atoms with Crippen molar-refractivity contribution in [2.24, 2.45) is 11.7 Å². The average Bonchev–Trinajstić information content (AvgIpc) is 2.96. The zero-order valence-electron chi connectivity index (χ0n) is 10.3. The van der Waals surface area contributed by atoms with Gasteiger partial charge in [-0.1, -0.05) is 0 Å². The fraction of sp³-hybridized carbons (Fsp3) is 0.818. The first-order chi connectivity index (χ1) is 8.80. The molecule has 0 aromatic rings. The molecule has 2 aliphatic rings. The number of nitrogens with two attached hydrogens (primary N) is 1. The van der Waals surface area contributed by atoms with Crippen LogP contribution in [0.4, 0.5) is 18.0 Å². The van der Waals surface area contributed by atoms with E-state index in [9.17, 15) is 22.8 Å². The predicted molar refractivity (Wildman–Crippen MR) is 60.1 cm³/mol. The minimum atomic E-state index is -4.27. The quantitative estimate of drug-likeness (QED) is 0.776. The van der Waals surface area contributed by atoms with Crippen LogP contribution in [0.25, 0.3) is 0 Å². The zero-order chi connectivity index (χ0) is 14.2. The fourth-order valence-corrected chi connectivity index (χ4v) is 2.73. The molecule has 2 atom stereocenters. The Kier molecular flexibility index (Phi) is 3.60. The van der Waals surface area contributed by atoms with Gasteiger partial charge >= 0.3 is 12.2 Å². The van der Waals surface area contributed by atoms with Gasteiger partial charge in [0, 0.05) is 19.6 Å². The molecule has 3 amide bonds. The second-order valence-electron chi connectivity index (χ2n) is 5.00. The van der Waals surface area contributed by atoms with Crippen molar-refractivity contribution in [1.82, 2.24) is 9.80 Å². The molecule has 2 heterocycles. The average molecular weight is 279 g/mol. The van der Waals surface area contributed by atoms with Crippen molar-refractivity contribution >= 4 is 11.9 Å². The maximum Gasteiger partial charge on any atom is 0.393 e. The first-order valence-electron chi connectivity index (χ1n) is 6.22. The molecule has 2 aliphatic heterocycles. The van der Waals surface area contributed by atoms with Gasteiger partial charge in [-0.2, -0.15) is 13.2 Å². The number of alkyl halides is 3. The van der Waals surface area contributed by atoms with Crippen LogP contribution >= 0.6 is 0 Å². The van der Waals surface area contributed by atoms with Crippen LogP contribution in [0.2, 0.25) is 0 Å². The third-order valence-electron chi connectivity index (χ3n) is 3.78. The summed E-state index contributed by atoms with van der Waals surface area (Å²) in [4.78, 5) is 25.7. The lowest BCUT2D eigenvalue weighted by Gasteiger charge is -2.26. The highest BCUT2D eigenvalue weighted by atomic mass is 19.4. The van der Waals surface area contributed by atoms with Gasteiger partial charge in [-0.25, -0.2) is 4.79 Å². The second kappa shape index (κ2) is 4.90. The van der Waals surface area contributed by atoms with Crippen molar-refractivity contribution in [2.45, 2.75) is 31.5 Å². The van der Waals surface area contributed by atoms with Crippen molar-refractivity contribution < 1.29 is 22.8 Å². The molecule has 0 aromatic carbocycles. The summed E-state index contributed by atoms with van der Waals surface area (Å²) in [6, 6.07) is -1.38. The Morgan fingerprint density at radius 2 is 1.84 bits per heavy atom. The topological polar surface area (TPSA) is 66.6 Å². The molecule has 0 spiro atoms. The number of hydrogen-bond acceptors (Lipinski definition) is 2. The van der Waals surface area contributed by atoms with E-state index in [1.807, 2.05) is 0 Å². The highest BCUT2D eigenvalue weighted by Crippen LogP contribution is 2.34. The number of rotatable bonds is 1. The normalized spacial score (nSPS) is 27.9. The van der Waals surface area contributed by atoms with Gasteiger partial charge in [-0.05, 0) is 19.3 Å². The first-order valence-corrected chi connectivity index (χ1v) is 6.22. The third-order valence-corrected chi connectivity index (χ3v) is 3.78. The molecule has 108 valence electrons. The second-order valence-corrected chi connectivity index (χ2v) is 5.00. The van der Waals surface area contributed by atoms with E-state index in [-0.39, 0.29) is 19.5 Å². The maximum absolute atomic E-state index is 12.6. The SMILES string of the molecule is NC(=O)N1CCC[C@H]1C(=O)N1CCC(C(F)(F)F)C1.